The average Bonchev–Trinajstić information content (AvgIpc) is 3.22. The topological polar surface area (TPSA) is 77.0 Å². The lowest BCUT2D eigenvalue weighted by atomic mass is 10.2. The van der Waals surface area contributed by atoms with Crippen LogP contribution in [-0.2, 0) is 11.2 Å². The molecule has 0 radical (unpaired) electrons. The minimum absolute atomic E-state index is 0.209. The highest BCUT2D eigenvalue weighted by atomic mass is 32.1. The van der Waals surface area contributed by atoms with Crippen molar-refractivity contribution in [3.8, 4) is 11.5 Å². The van der Waals surface area contributed by atoms with Crippen LogP contribution in [0.25, 0.3) is 0 Å². The number of carbonyl (C=O) groups excluding carboxylic acids is 2. The number of rotatable bonds is 7. The summed E-state index contributed by atoms with van der Waals surface area (Å²) in [5, 5.41) is 5.83. The van der Waals surface area contributed by atoms with Crippen molar-refractivity contribution in [3.05, 3.63) is 81.8 Å². The lowest BCUT2D eigenvalue weighted by Gasteiger charge is -2.10. The maximum absolute atomic E-state index is 13.0. The van der Waals surface area contributed by atoms with E-state index in [1.54, 1.807) is 18.2 Å². The molecule has 1 aromatic heterocycles. The first-order valence-electron chi connectivity index (χ1n) is 8.55. The molecule has 6 nitrogen and oxygen atoms in total. The van der Waals surface area contributed by atoms with Crippen LogP contribution in [0.1, 0.15) is 20.8 Å². The molecule has 1 heterocycles. The summed E-state index contributed by atoms with van der Waals surface area (Å²) in [5.41, 5.74) is 3.31. The monoisotopic (exact) mass is 412 g/mol. The maximum atomic E-state index is 13.0. The van der Waals surface area contributed by atoms with E-state index in [9.17, 15) is 14.0 Å². The molecule has 0 saturated carbocycles. The number of esters is 1. The van der Waals surface area contributed by atoms with Crippen LogP contribution >= 0.6 is 11.3 Å². The molecular weight excluding hydrogens is 395 g/mol. The van der Waals surface area contributed by atoms with Gasteiger partial charge in [-0.25, -0.2) is 14.6 Å². The zero-order valence-electron chi connectivity index (χ0n) is 15.4. The number of hydrogen-bond donors (Lipinski definition) is 1. The van der Waals surface area contributed by atoms with Gasteiger partial charge in [0, 0.05) is 4.88 Å². The predicted molar refractivity (Wildman–Crippen MR) is 108 cm³/mol. The molecule has 0 aliphatic rings. The van der Waals surface area contributed by atoms with Gasteiger partial charge in [0.05, 0.1) is 25.3 Å². The van der Waals surface area contributed by atoms with Gasteiger partial charge < -0.3 is 9.47 Å². The van der Waals surface area contributed by atoms with Gasteiger partial charge in [0.2, 0.25) is 5.91 Å². The number of hydrogen-bond acceptors (Lipinski definition) is 6. The minimum atomic E-state index is -0.634. The summed E-state index contributed by atoms with van der Waals surface area (Å²) < 4.78 is 23.5. The summed E-state index contributed by atoms with van der Waals surface area (Å²) in [4.78, 5) is 25.0. The van der Waals surface area contributed by atoms with Gasteiger partial charge in [-0.3, -0.25) is 4.79 Å². The van der Waals surface area contributed by atoms with Gasteiger partial charge in [-0.15, -0.1) is 11.3 Å². The molecule has 3 aromatic rings. The molecule has 0 bridgehead atoms. The minimum Gasteiger partial charge on any atom is -0.493 e. The first-order chi connectivity index (χ1) is 14.0. The molecule has 0 fully saturated rings. The lowest BCUT2D eigenvalue weighted by molar-refractivity contribution is -0.120. The third-order valence-electron chi connectivity index (χ3n) is 3.79. The van der Waals surface area contributed by atoms with Crippen LogP contribution in [0.3, 0.4) is 0 Å². The molecule has 1 N–H and O–H groups in total. The second kappa shape index (κ2) is 9.61. The van der Waals surface area contributed by atoms with Gasteiger partial charge in [0.1, 0.15) is 5.82 Å². The SMILES string of the molecule is COc1cc(/C=N/NC(=O)Cc2cccs2)ccc1OC(=O)c1ccc(F)cc1. The fourth-order valence-electron chi connectivity index (χ4n) is 2.38. The van der Waals surface area contributed by atoms with E-state index in [4.69, 9.17) is 9.47 Å². The van der Waals surface area contributed by atoms with Crippen molar-refractivity contribution in [3.63, 3.8) is 0 Å². The first-order valence-corrected chi connectivity index (χ1v) is 9.43. The van der Waals surface area contributed by atoms with Crippen molar-refractivity contribution >= 4 is 29.4 Å². The maximum Gasteiger partial charge on any atom is 0.343 e. The average molecular weight is 412 g/mol. The highest BCUT2D eigenvalue weighted by molar-refractivity contribution is 7.10. The normalized spacial score (nSPS) is 10.7. The Bertz CT molecular complexity index is 1020. The molecule has 2 aromatic carbocycles. The number of nitrogens with zero attached hydrogens (tertiary/aromatic N) is 1. The molecule has 0 spiro atoms. The zero-order valence-corrected chi connectivity index (χ0v) is 16.2. The number of carbonyl (C=O) groups is 2. The molecule has 29 heavy (non-hydrogen) atoms. The van der Waals surface area contributed by atoms with Crippen LogP contribution in [0.15, 0.2) is 65.1 Å². The highest BCUT2D eigenvalue weighted by Gasteiger charge is 2.13. The van der Waals surface area contributed by atoms with Crippen LogP contribution in [0.4, 0.5) is 4.39 Å². The molecule has 0 unspecified atom stereocenters. The molecule has 0 aliphatic carbocycles. The van der Waals surface area contributed by atoms with E-state index in [0.29, 0.717) is 11.3 Å². The van der Waals surface area contributed by atoms with Gasteiger partial charge >= 0.3 is 5.97 Å². The number of nitrogens with one attached hydrogen (secondary N) is 1. The summed E-state index contributed by atoms with van der Waals surface area (Å²) in [6.45, 7) is 0. The van der Waals surface area contributed by atoms with Crippen molar-refractivity contribution in [1.82, 2.24) is 5.43 Å². The van der Waals surface area contributed by atoms with E-state index in [1.165, 1.54) is 48.9 Å². The quantitative estimate of drug-likeness (QED) is 0.277. The van der Waals surface area contributed by atoms with E-state index >= 15 is 0 Å². The molecule has 3 rings (SSSR count). The Morgan fingerprint density at radius 3 is 2.62 bits per heavy atom. The number of halogens is 1. The van der Waals surface area contributed by atoms with Gasteiger partial charge in [0.15, 0.2) is 11.5 Å². The van der Waals surface area contributed by atoms with Crippen molar-refractivity contribution in [2.75, 3.05) is 7.11 Å². The van der Waals surface area contributed by atoms with Crippen LogP contribution in [-0.4, -0.2) is 25.2 Å². The van der Waals surface area contributed by atoms with Gasteiger partial charge in [-0.05, 0) is 59.5 Å². The van der Waals surface area contributed by atoms with Crippen molar-refractivity contribution in [2.45, 2.75) is 6.42 Å². The van der Waals surface area contributed by atoms with Crippen molar-refractivity contribution in [1.29, 1.82) is 0 Å². The number of amides is 1. The number of benzene rings is 2. The molecule has 0 saturated heterocycles. The van der Waals surface area contributed by atoms with Crippen LogP contribution in [0, 0.1) is 5.82 Å². The largest absolute Gasteiger partial charge is 0.493 e. The molecular formula is C21H17FN2O4S. The Morgan fingerprint density at radius 2 is 1.93 bits per heavy atom. The second-order valence-electron chi connectivity index (χ2n) is 5.86. The Hall–Kier alpha value is -3.52. The Morgan fingerprint density at radius 1 is 1.14 bits per heavy atom. The fourth-order valence-corrected chi connectivity index (χ4v) is 3.09. The lowest BCUT2D eigenvalue weighted by Crippen LogP contribution is -2.19. The summed E-state index contributed by atoms with van der Waals surface area (Å²) in [7, 11) is 1.44. The van der Waals surface area contributed by atoms with Crippen LogP contribution < -0.4 is 14.9 Å². The highest BCUT2D eigenvalue weighted by Crippen LogP contribution is 2.28. The van der Waals surface area contributed by atoms with Crippen LogP contribution in [0.5, 0.6) is 11.5 Å². The Labute approximate surface area is 170 Å². The number of hydrazone groups is 1. The predicted octanol–water partition coefficient (Wildman–Crippen LogP) is 3.81. The standard InChI is InChI=1S/C21H17FN2O4S/c1-27-19-11-14(13-23-24-20(25)12-17-3-2-10-29-17)4-9-18(19)28-21(26)15-5-7-16(22)8-6-15/h2-11,13H,12H2,1H3,(H,24,25)/b23-13+. The summed E-state index contributed by atoms with van der Waals surface area (Å²) in [6.07, 6.45) is 1.72. The Balaban J connectivity index is 1.62. The fraction of sp³-hybridized carbons (Fsp3) is 0.0952. The summed E-state index contributed by atoms with van der Waals surface area (Å²) in [6, 6.07) is 13.6. The molecule has 0 aliphatic heterocycles. The van der Waals surface area contributed by atoms with Gasteiger partial charge in [-0.1, -0.05) is 6.07 Å². The summed E-state index contributed by atoms with van der Waals surface area (Å²) in [5.74, 6) is -0.772. The van der Waals surface area contributed by atoms with E-state index in [0.717, 1.165) is 4.88 Å². The van der Waals surface area contributed by atoms with Gasteiger partial charge in [0.25, 0.3) is 0 Å². The molecule has 0 atom stereocenters. The van der Waals surface area contributed by atoms with Crippen molar-refractivity contribution < 1.29 is 23.5 Å². The summed E-state index contributed by atoms with van der Waals surface area (Å²) >= 11 is 1.50. The zero-order chi connectivity index (χ0) is 20.6. The third kappa shape index (κ3) is 5.73. The van der Waals surface area contributed by atoms with E-state index in [2.05, 4.69) is 10.5 Å². The van der Waals surface area contributed by atoms with E-state index in [-0.39, 0.29) is 23.6 Å². The number of ether oxygens (including phenoxy) is 2. The third-order valence-corrected chi connectivity index (χ3v) is 4.66. The number of thiophene rings is 1. The molecule has 1 amide bonds. The van der Waals surface area contributed by atoms with E-state index < -0.39 is 11.8 Å². The van der Waals surface area contributed by atoms with Gasteiger partial charge in [-0.2, -0.15) is 5.10 Å². The second-order valence-corrected chi connectivity index (χ2v) is 6.89. The number of methoxy groups -OCH3 is 1. The van der Waals surface area contributed by atoms with Crippen LogP contribution in [0.2, 0.25) is 0 Å². The Kier molecular flexibility index (Phi) is 6.70. The molecule has 8 heteroatoms. The smallest absolute Gasteiger partial charge is 0.343 e. The van der Waals surface area contributed by atoms with Crippen molar-refractivity contribution in [2.24, 2.45) is 5.10 Å². The van der Waals surface area contributed by atoms with E-state index in [1.807, 2.05) is 17.5 Å². The first kappa shape index (κ1) is 20.2. The molecule has 148 valence electrons.